The third-order valence-electron chi connectivity index (χ3n) is 6.66. The van der Waals surface area contributed by atoms with Crippen LogP contribution in [0.1, 0.15) is 70.6 Å². The first-order valence-electron chi connectivity index (χ1n) is 11.7. The lowest BCUT2D eigenvalue weighted by Crippen LogP contribution is -2.45. The van der Waals surface area contributed by atoms with Gasteiger partial charge in [-0.05, 0) is 64.6 Å². The van der Waals surface area contributed by atoms with Gasteiger partial charge in [0, 0.05) is 38.6 Å². The van der Waals surface area contributed by atoms with E-state index in [9.17, 15) is 4.79 Å². The number of aliphatic imine (C=N–C) groups is 1. The second-order valence-corrected chi connectivity index (χ2v) is 8.86. The Morgan fingerprint density at radius 1 is 0.966 bits per heavy atom. The minimum absolute atomic E-state index is 0. The first kappa shape index (κ1) is 24.7. The average molecular weight is 520 g/mol. The molecule has 0 aromatic rings. The molecule has 2 heterocycles. The minimum Gasteiger partial charge on any atom is -0.356 e. The number of nitrogens with one attached hydrogen (secondary N) is 2. The van der Waals surface area contributed by atoms with Gasteiger partial charge in [-0.1, -0.05) is 25.7 Å². The second-order valence-electron chi connectivity index (χ2n) is 8.86. The molecule has 0 radical (unpaired) electrons. The molecule has 1 unspecified atom stereocenters. The first-order chi connectivity index (χ1) is 13.8. The van der Waals surface area contributed by atoms with Crippen LogP contribution in [0, 0.1) is 5.92 Å². The lowest BCUT2D eigenvalue weighted by molar-refractivity contribution is -0.134. The van der Waals surface area contributed by atoms with Crippen molar-refractivity contribution in [3.05, 3.63) is 0 Å². The van der Waals surface area contributed by atoms with Crippen LogP contribution in [0.4, 0.5) is 0 Å². The van der Waals surface area contributed by atoms with Gasteiger partial charge in [0.2, 0.25) is 5.91 Å². The number of likely N-dealkylation sites (tertiary alicyclic amines) is 2. The lowest BCUT2D eigenvalue weighted by atomic mass is 10.1. The summed E-state index contributed by atoms with van der Waals surface area (Å²) >= 11 is 0. The fraction of sp³-hybridized carbons (Fsp3) is 0.909. The van der Waals surface area contributed by atoms with E-state index in [0.29, 0.717) is 17.9 Å². The molecule has 1 atom stereocenters. The van der Waals surface area contributed by atoms with Gasteiger partial charge in [0.25, 0.3) is 0 Å². The molecule has 0 bridgehead atoms. The predicted octanol–water partition coefficient (Wildman–Crippen LogP) is 3.22. The molecule has 1 saturated carbocycles. The highest BCUT2D eigenvalue weighted by molar-refractivity contribution is 14.0. The molecule has 3 aliphatic rings. The van der Waals surface area contributed by atoms with Crippen LogP contribution < -0.4 is 10.6 Å². The fourth-order valence-electron chi connectivity index (χ4n) is 4.92. The number of carbonyl (C=O) groups excluding carboxylic acids is 1. The minimum atomic E-state index is 0. The van der Waals surface area contributed by atoms with E-state index in [1.807, 2.05) is 7.05 Å². The van der Waals surface area contributed by atoms with Crippen LogP contribution in [-0.2, 0) is 4.79 Å². The summed E-state index contributed by atoms with van der Waals surface area (Å²) in [6, 6.07) is 0.329. The van der Waals surface area contributed by atoms with Gasteiger partial charge in [0.05, 0.1) is 0 Å². The maximum atomic E-state index is 12.6. The molecule has 2 N–H and O–H groups in total. The molecule has 3 rings (SSSR count). The number of amides is 1. The van der Waals surface area contributed by atoms with E-state index in [1.54, 1.807) is 0 Å². The summed E-state index contributed by atoms with van der Waals surface area (Å²) < 4.78 is 0. The largest absolute Gasteiger partial charge is 0.356 e. The number of piperidine rings is 1. The molecule has 2 saturated heterocycles. The zero-order chi connectivity index (χ0) is 19.6. The standard InChI is InChI=1S/C22H41N5O.HI/c1-23-22(24-13-6-2-7-14-26-15-8-3-9-16-26)25-20-12-17-27(18-20)21(28)19-10-4-5-11-19;/h19-20H,2-18H2,1H3,(H2,23,24,25);1H. The molecule has 2 aliphatic heterocycles. The summed E-state index contributed by atoms with van der Waals surface area (Å²) in [4.78, 5) is 21.6. The third-order valence-corrected chi connectivity index (χ3v) is 6.66. The maximum absolute atomic E-state index is 12.6. The molecule has 6 nitrogen and oxygen atoms in total. The van der Waals surface area contributed by atoms with Crippen molar-refractivity contribution >= 4 is 35.8 Å². The Bertz CT molecular complexity index is 503. The van der Waals surface area contributed by atoms with Crippen LogP contribution in [0.25, 0.3) is 0 Å². The summed E-state index contributed by atoms with van der Waals surface area (Å²) in [5.74, 6) is 1.57. The number of hydrogen-bond acceptors (Lipinski definition) is 3. The van der Waals surface area contributed by atoms with Crippen molar-refractivity contribution in [1.82, 2.24) is 20.4 Å². The van der Waals surface area contributed by atoms with Crippen LogP contribution >= 0.6 is 24.0 Å². The second kappa shape index (κ2) is 13.7. The van der Waals surface area contributed by atoms with E-state index in [1.165, 1.54) is 71.0 Å². The SMILES string of the molecule is CN=C(NCCCCCN1CCCCC1)NC1CCN(C(=O)C2CCCC2)C1.I. The Balaban J connectivity index is 0.00000300. The third kappa shape index (κ3) is 8.23. The molecule has 7 heteroatoms. The number of nitrogens with zero attached hydrogens (tertiary/aromatic N) is 3. The number of halogens is 1. The van der Waals surface area contributed by atoms with Crippen molar-refractivity contribution in [2.75, 3.05) is 46.3 Å². The topological polar surface area (TPSA) is 60.0 Å². The molecule has 3 fully saturated rings. The zero-order valence-electron chi connectivity index (χ0n) is 18.3. The zero-order valence-corrected chi connectivity index (χ0v) is 20.7. The van der Waals surface area contributed by atoms with Gasteiger partial charge in [0.1, 0.15) is 0 Å². The summed E-state index contributed by atoms with van der Waals surface area (Å²) in [5.41, 5.74) is 0. The summed E-state index contributed by atoms with van der Waals surface area (Å²) in [7, 11) is 1.84. The number of guanidine groups is 1. The van der Waals surface area contributed by atoms with Crippen molar-refractivity contribution in [2.24, 2.45) is 10.9 Å². The molecule has 0 aromatic heterocycles. The summed E-state index contributed by atoms with van der Waals surface area (Å²) in [6.07, 6.45) is 13.6. The lowest BCUT2D eigenvalue weighted by Gasteiger charge is -2.26. The van der Waals surface area contributed by atoms with Crippen LogP contribution in [0.2, 0.25) is 0 Å². The van der Waals surface area contributed by atoms with Crippen LogP contribution in [-0.4, -0.2) is 74.0 Å². The maximum Gasteiger partial charge on any atom is 0.225 e. The number of hydrogen-bond donors (Lipinski definition) is 2. The number of rotatable bonds is 8. The Hall–Kier alpha value is -0.570. The van der Waals surface area contributed by atoms with Crippen molar-refractivity contribution in [3.8, 4) is 0 Å². The first-order valence-corrected chi connectivity index (χ1v) is 11.7. The van der Waals surface area contributed by atoms with Gasteiger partial charge >= 0.3 is 0 Å². The van der Waals surface area contributed by atoms with Crippen molar-refractivity contribution in [1.29, 1.82) is 0 Å². The Morgan fingerprint density at radius 2 is 1.72 bits per heavy atom. The highest BCUT2D eigenvalue weighted by Crippen LogP contribution is 2.27. The van der Waals surface area contributed by atoms with E-state index in [4.69, 9.17) is 0 Å². The molecule has 29 heavy (non-hydrogen) atoms. The smallest absolute Gasteiger partial charge is 0.225 e. The molecule has 1 aliphatic carbocycles. The molecular weight excluding hydrogens is 477 g/mol. The van der Waals surface area contributed by atoms with E-state index >= 15 is 0 Å². The Kier molecular flexibility index (Phi) is 11.6. The normalized spacial score (nSPS) is 23.8. The van der Waals surface area contributed by atoms with Crippen LogP contribution in [0.3, 0.4) is 0 Å². The van der Waals surface area contributed by atoms with Gasteiger partial charge < -0.3 is 20.4 Å². The van der Waals surface area contributed by atoms with Gasteiger partial charge in [-0.2, -0.15) is 0 Å². The average Bonchev–Trinajstić information content (AvgIpc) is 3.42. The molecule has 0 spiro atoms. The summed E-state index contributed by atoms with van der Waals surface area (Å²) in [6.45, 7) is 6.55. The molecule has 0 aromatic carbocycles. The van der Waals surface area contributed by atoms with Crippen LogP contribution in [0.15, 0.2) is 4.99 Å². The van der Waals surface area contributed by atoms with Gasteiger partial charge in [-0.15, -0.1) is 24.0 Å². The predicted molar refractivity (Wildman–Crippen MR) is 131 cm³/mol. The highest BCUT2D eigenvalue weighted by atomic mass is 127. The van der Waals surface area contributed by atoms with Crippen molar-refractivity contribution in [2.45, 2.75) is 76.7 Å². The quantitative estimate of drug-likeness (QED) is 0.224. The van der Waals surface area contributed by atoms with Gasteiger partial charge in [0.15, 0.2) is 5.96 Å². The van der Waals surface area contributed by atoms with E-state index in [-0.39, 0.29) is 24.0 Å². The number of carbonyl (C=O) groups is 1. The van der Waals surface area contributed by atoms with E-state index < -0.39 is 0 Å². The molecule has 1 amide bonds. The van der Waals surface area contributed by atoms with E-state index in [2.05, 4.69) is 25.4 Å². The number of unbranched alkanes of at least 4 members (excludes halogenated alkanes) is 2. The summed E-state index contributed by atoms with van der Waals surface area (Å²) in [5, 5.41) is 6.98. The monoisotopic (exact) mass is 519 g/mol. The molecule has 168 valence electrons. The van der Waals surface area contributed by atoms with Crippen molar-refractivity contribution in [3.63, 3.8) is 0 Å². The Labute approximate surface area is 194 Å². The molecular formula is C22H42IN5O. The fourth-order valence-corrected chi connectivity index (χ4v) is 4.92. The van der Waals surface area contributed by atoms with Gasteiger partial charge in [-0.3, -0.25) is 9.79 Å². The highest BCUT2D eigenvalue weighted by Gasteiger charge is 2.32. The van der Waals surface area contributed by atoms with Gasteiger partial charge in [-0.25, -0.2) is 0 Å². The van der Waals surface area contributed by atoms with Crippen molar-refractivity contribution < 1.29 is 4.79 Å². The Morgan fingerprint density at radius 3 is 2.45 bits per heavy atom. The van der Waals surface area contributed by atoms with E-state index in [0.717, 1.165) is 44.9 Å². The van der Waals surface area contributed by atoms with Crippen LogP contribution in [0.5, 0.6) is 0 Å².